The summed E-state index contributed by atoms with van der Waals surface area (Å²) in [7, 11) is 1.35. The highest BCUT2D eigenvalue weighted by atomic mass is 16.5. The van der Waals surface area contributed by atoms with Crippen molar-refractivity contribution in [1.29, 1.82) is 0 Å². The Morgan fingerprint density at radius 1 is 0.566 bits per heavy atom. The van der Waals surface area contributed by atoms with E-state index < -0.39 is 11.9 Å². The molecule has 8 heteroatoms. The van der Waals surface area contributed by atoms with Crippen LogP contribution in [0.4, 0.5) is 11.4 Å². The van der Waals surface area contributed by atoms with E-state index in [2.05, 4.69) is 85.8 Å². The number of allylic oxidation sites excluding steroid dienone is 10. The molecule has 2 rings (SSSR count). The van der Waals surface area contributed by atoms with Gasteiger partial charge in [0.1, 0.15) is 24.7 Å². The normalized spacial score (nSPS) is 11.9. The molecule has 0 saturated carbocycles. The van der Waals surface area contributed by atoms with Crippen LogP contribution in [0.3, 0.4) is 0 Å². The zero-order valence-corrected chi connectivity index (χ0v) is 33.6. The van der Waals surface area contributed by atoms with Crippen molar-refractivity contribution in [3.63, 3.8) is 0 Å². The highest BCUT2D eigenvalue weighted by molar-refractivity contribution is 5.90. The van der Waals surface area contributed by atoms with Gasteiger partial charge in [-0.2, -0.15) is 0 Å². The lowest BCUT2D eigenvalue weighted by Gasteiger charge is -2.09. The fourth-order valence-corrected chi connectivity index (χ4v) is 4.92. The maximum Gasteiger partial charge on any atom is 0.337 e. The smallest absolute Gasteiger partial charge is 0.337 e. The molecule has 0 saturated heterocycles. The number of benzene rings is 2. The van der Waals surface area contributed by atoms with E-state index in [0.717, 1.165) is 51.4 Å². The summed E-state index contributed by atoms with van der Waals surface area (Å²) < 4.78 is 16.0. The molecule has 0 aliphatic rings. The first-order valence-electron chi connectivity index (χ1n) is 18.4. The number of anilines is 2. The van der Waals surface area contributed by atoms with Crippen molar-refractivity contribution >= 4 is 23.3 Å². The molecule has 0 bridgehead atoms. The molecule has 0 unspecified atom stereocenters. The Morgan fingerprint density at radius 2 is 0.925 bits per heavy atom. The molecule has 53 heavy (non-hydrogen) atoms. The van der Waals surface area contributed by atoms with Gasteiger partial charge < -0.3 is 30.8 Å². The second-order valence-electron chi connectivity index (χ2n) is 13.8. The zero-order valence-electron chi connectivity index (χ0n) is 33.6. The number of methoxy groups -OCH3 is 1. The van der Waals surface area contributed by atoms with Crippen molar-refractivity contribution in [2.75, 3.05) is 31.8 Å². The lowest BCUT2D eigenvalue weighted by molar-refractivity contribution is 0.0599. The summed E-state index contributed by atoms with van der Waals surface area (Å²) in [6.07, 6.45) is 21.7. The van der Waals surface area contributed by atoms with E-state index in [1.807, 2.05) is 6.08 Å². The van der Waals surface area contributed by atoms with Crippen LogP contribution >= 0.6 is 0 Å². The van der Waals surface area contributed by atoms with Crippen LogP contribution in [0.5, 0.6) is 11.5 Å². The molecule has 0 aromatic heterocycles. The molecule has 290 valence electrons. The van der Waals surface area contributed by atoms with E-state index in [9.17, 15) is 9.59 Å². The molecular formula is C45H64N2O6. The fraction of sp³-hybridized carbons (Fsp3) is 0.422. The van der Waals surface area contributed by atoms with Crippen LogP contribution in [0.1, 0.15) is 127 Å². The number of nitrogen functional groups attached to an aromatic ring is 2. The van der Waals surface area contributed by atoms with E-state index in [4.69, 9.17) is 30.8 Å². The highest BCUT2D eigenvalue weighted by Crippen LogP contribution is 2.24. The minimum atomic E-state index is -0.992. The summed E-state index contributed by atoms with van der Waals surface area (Å²) in [4.78, 5) is 22.6. The maximum atomic E-state index is 11.6. The van der Waals surface area contributed by atoms with Crippen molar-refractivity contribution in [2.45, 2.75) is 107 Å². The predicted molar refractivity (Wildman–Crippen MR) is 222 cm³/mol. The predicted octanol–water partition coefficient (Wildman–Crippen LogP) is 11.6. The van der Waals surface area contributed by atoms with E-state index in [1.54, 1.807) is 24.3 Å². The van der Waals surface area contributed by atoms with Gasteiger partial charge in [-0.05, 0) is 155 Å². The monoisotopic (exact) mass is 728 g/mol. The minimum Gasteiger partial charge on any atom is -0.487 e. The van der Waals surface area contributed by atoms with E-state index in [0.29, 0.717) is 41.7 Å². The van der Waals surface area contributed by atoms with Gasteiger partial charge in [0.2, 0.25) is 0 Å². The summed E-state index contributed by atoms with van der Waals surface area (Å²) in [5, 5.41) is 9.02. The van der Waals surface area contributed by atoms with Gasteiger partial charge in [0.15, 0.2) is 0 Å². The standard InChI is InChI=1S/C23H33NO3.C22H31NO3/c1-17(2)8-6-9-18(3)10-7-11-19(4)14-15-27-22-16-20(23(25)26-5)12-13-21(22)24;1-16(2)7-5-8-17(3)9-6-10-18(4)13-14-26-21-15-19(22(24)25)11-12-20(21)23/h8,10,12-14,16H,6-7,9,11,15,24H2,1-5H3;7,9,11-13,15H,5-6,8,10,14,23H2,1-4H3,(H,24,25)/b18-10+,19-14+;17-9+,18-13+. The van der Waals surface area contributed by atoms with Gasteiger partial charge in [0, 0.05) is 0 Å². The van der Waals surface area contributed by atoms with E-state index in [1.165, 1.54) is 52.7 Å². The summed E-state index contributed by atoms with van der Waals surface area (Å²) in [6.45, 7) is 17.9. The van der Waals surface area contributed by atoms with Crippen LogP contribution in [0, 0.1) is 0 Å². The van der Waals surface area contributed by atoms with Crippen molar-refractivity contribution in [3.05, 3.63) is 117 Å². The van der Waals surface area contributed by atoms with Crippen molar-refractivity contribution in [2.24, 2.45) is 0 Å². The van der Waals surface area contributed by atoms with E-state index >= 15 is 0 Å². The molecule has 0 heterocycles. The number of rotatable bonds is 20. The number of carboxylic acid groups (broad SMARTS) is 1. The van der Waals surface area contributed by atoms with Gasteiger partial charge in [-0.3, -0.25) is 0 Å². The Labute approximate surface area is 319 Å². The fourth-order valence-electron chi connectivity index (χ4n) is 4.92. The topological polar surface area (TPSA) is 134 Å². The van der Waals surface area contributed by atoms with Gasteiger partial charge in [0.05, 0.1) is 29.6 Å². The molecule has 2 aromatic rings. The van der Waals surface area contributed by atoms with Gasteiger partial charge in [-0.1, -0.05) is 57.7 Å². The Morgan fingerprint density at radius 3 is 1.30 bits per heavy atom. The Kier molecular flexibility index (Phi) is 22.5. The number of hydrogen-bond donors (Lipinski definition) is 3. The summed E-state index contributed by atoms with van der Waals surface area (Å²) >= 11 is 0. The molecular weight excluding hydrogens is 665 g/mol. The number of esters is 1. The van der Waals surface area contributed by atoms with Crippen LogP contribution in [-0.4, -0.2) is 37.4 Å². The van der Waals surface area contributed by atoms with E-state index in [-0.39, 0.29) is 5.56 Å². The minimum absolute atomic E-state index is 0.170. The average Bonchev–Trinajstić information content (AvgIpc) is 3.09. The molecule has 8 nitrogen and oxygen atoms in total. The zero-order chi connectivity index (χ0) is 39.8. The molecule has 2 aromatic carbocycles. The molecule has 0 atom stereocenters. The lowest BCUT2D eigenvalue weighted by Crippen LogP contribution is -2.04. The SMILES string of the molecule is CC(C)=CCC/C(C)=C/CC/C(C)=C/COc1cc(C(=O)O)ccc1N.COC(=O)c1ccc(N)c(OC/C=C(\C)CC/C=C(\C)CCC=C(C)C)c1. The first kappa shape index (κ1) is 46.0. The van der Waals surface area contributed by atoms with Crippen LogP contribution in [0.15, 0.2) is 106 Å². The number of ether oxygens (including phenoxy) is 3. The van der Waals surface area contributed by atoms with Crippen molar-refractivity contribution in [3.8, 4) is 11.5 Å². The third-order valence-corrected chi connectivity index (χ3v) is 8.28. The lowest BCUT2D eigenvalue weighted by atomic mass is 10.1. The van der Waals surface area contributed by atoms with Gasteiger partial charge in [-0.15, -0.1) is 0 Å². The van der Waals surface area contributed by atoms with Crippen LogP contribution < -0.4 is 20.9 Å². The average molecular weight is 729 g/mol. The number of carbonyl (C=O) groups excluding carboxylic acids is 1. The number of carboxylic acids is 1. The quantitative estimate of drug-likeness (QED) is 0.0697. The van der Waals surface area contributed by atoms with Crippen molar-refractivity contribution in [1.82, 2.24) is 0 Å². The Hall–Kier alpha value is -4.98. The third kappa shape index (κ3) is 21.2. The molecule has 0 spiro atoms. The largest absolute Gasteiger partial charge is 0.487 e. The first-order valence-corrected chi connectivity index (χ1v) is 18.4. The van der Waals surface area contributed by atoms with Crippen LogP contribution in [0.2, 0.25) is 0 Å². The number of aromatic carboxylic acids is 1. The maximum absolute atomic E-state index is 11.6. The molecule has 0 amide bonds. The molecule has 5 N–H and O–H groups in total. The Balaban J connectivity index is 0.000000530. The first-order chi connectivity index (χ1) is 25.1. The van der Waals surface area contributed by atoms with Gasteiger partial charge in [-0.25, -0.2) is 9.59 Å². The molecule has 0 fully saturated rings. The molecule has 0 aliphatic carbocycles. The highest BCUT2D eigenvalue weighted by Gasteiger charge is 2.09. The number of carbonyl (C=O) groups is 2. The van der Waals surface area contributed by atoms with Crippen LogP contribution in [0.25, 0.3) is 0 Å². The Bertz CT molecular complexity index is 1650. The van der Waals surface area contributed by atoms with Gasteiger partial charge in [0.25, 0.3) is 0 Å². The second-order valence-corrected chi connectivity index (χ2v) is 13.8. The van der Waals surface area contributed by atoms with Gasteiger partial charge >= 0.3 is 11.9 Å². The molecule has 0 aliphatic heterocycles. The molecule has 0 radical (unpaired) electrons. The van der Waals surface area contributed by atoms with Crippen molar-refractivity contribution < 1.29 is 28.9 Å². The summed E-state index contributed by atoms with van der Waals surface area (Å²) in [6, 6.07) is 9.38. The summed E-state index contributed by atoms with van der Waals surface area (Å²) in [5.41, 5.74) is 21.4. The number of hydrogen-bond acceptors (Lipinski definition) is 7. The second kappa shape index (κ2) is 25.9. The third-order valence-electron chi connectivity index (χ3n) is 8.28. The number of nitrogens with two attached hydrogens (primary N) is 2. The van der Waals surface area contributed by atoms with Crippen LogP contribution in [-0.2, 0) is 4.74 Å². The summed E-state index contributed by atoms with van der Waals surface area (Å²) in [5.74, 6) is -0.493.